The molecule has 6 nitrogen and oxygen atoms in total. The third-order valence-electron chi connectivity index (χ3n) is 5.32. The van der Waals surface area contributed by atoms with E-state index in [1.807, 2.05) is 49.5 Å². The normalized spacial score (nSPS) is 19.3. The van der Waals surface area contributed by atoms with E-state index in [4.69, 9.17) is 21.1 Å². The first kappa shape index (κ1) is 19.9. The van der Waals surface area contributed by atoms with Gasteiger partial charge in [-0.2, -0.15) is 0 Å². The fraction of sp³-hybridized carbons (Fsp3) is 0.409. The van der Waals surface area contributed by atoms with Crippen molar-refractivity contribution in [1.82, 2.24) is 19.7 Å². The number of hydrogen-bond donors (Lipinski definition) is 0. The first-order valence-electron chi connectivity index (χ1n) is 9.92. The van der Waals surface area contributed by atoms with Crippen LogP contribution in [0.4, 0.5) is 0 Å². The topological polar surface area (TPSA) is 62.1 Å². The lowest BCUT2D eigenvalue weighted by Crippen LogP contribution is -2.25. The predicted octanol–water partition coefficient (Wildman–Crippen LogP) is 4.88. The molecular weight excluding hydrogens is 388 g/mol. The maximum absolute atomic E-state index is 6.08. The van der Waals surface area contributed by atoms with E-state index >= 15 is 0 Å². The van der Waals surface area contributed by atoms with E-state index in [1.165, 1.54) is 0 Å². The fourth-order valence-corrected chi connectivity index (χ4v) is 3.95. The van der Waals surface area contributed by atoms with Gasteiger partial charge in [0, 0.05) is 36.0 Å². The van der Waals surface area contributed by atoms with Crippen molar-refractivity contribution in [3.8, 4) is 11.6 Å². The molecule has 2 aromatic heterocycles. The summed E-state index contributed by atoms with van der Waals surface area (Å²) >= 11 is 6.07. The summed E-state index contributed by atoms with van der Waals surface area (Å²) in [7, 11) is 1.67. The van der Waals surface area contributed by atoms with E-state index in [-0.39, 0.29) is 6.10 Å². The summed E-state index contributed by atoms with van der Waals surface area (Å²) in [4.78, 5) is 4.36. The van der Waals surface area contributed by atoms with E-state index in [0.29, 0.717) is 23.4 Å². The van der Waals surface area contributed by atoms with E-state index in [0.717, 1.165) is 48.6 Å². The monoisotopic (exact) mass is 412 g/mol. The highest BCUT2D eigenvalue weighted by Gasteiger charge is 2.28. The first-order chi connectivity index (χ1) is 14.1. The van der Waals surface area contributed by atoms with Crippen LogP contribution < -0.4 is 4.74 Å². The molecule has 1 aromatic carbocycles. The number of pyridine rings is 1. The summed E-state index contributed by atoms with van der Waals surface area (Å²) in [5, 5.41) is 9.62. The quantitative estimate of drug-likeness (QED) is 0.577. The lowest BCUT2D eigenvalue weighted by molar-refractivity contribution is 0.138. The molecule has 2 heterocycles. The zero-order chi connectivity index (χ0) is 20.2. The number of rotatable bonds is 6. The van der Waals surface area contributed by atoms with Gasteiger partial charge >= 0.3 is 0 Å². The molecule has 0 N–H and O–H groups in total. The number of nitrogens with zero attached hydrogens (tertiary/aromatic N) is 4. The van der Waals surface area contributed by atoms with Crippen molar-refractivity contribution < 1.29 is 9.47 Å². The second-order valence-electron chi connectivity index (χ2n) is 7.48. The molecule has 0 saturated heterocycles. The van der Waals surface area contributed by atoms with Crippen LogP contribution in [0.3, 0.4) is 0 Å². The van der Waals surface area contributed by atoms with Crippen LogP contribution in [0, 0.1) is 6.92 Å². The lowest BCUT2D eigenvalue weighted by Gasteiger charge is -2.28. The maximum atomic E-state index is 6.08. The predicted molar refractivity (Wildman–Crippen MR) is 112 cm³/mol. The zero-order valence-electron chi connectivity index (χ0n) is 16.7. The summed E-state index contributed by atoms with van der Waals surface area (Å²) in [6, 6.07) is 11.7. The van der Waals surface area contributed by atoms with Crippen LogP contribution >= 0.6 is 11.6 Å². The van der Waals surface area contributed by atoms with Crippen LogP contribution in [-0.4, -0.2) is 33.0 Å². The Bertz CT molecular complexity index is 932. The summed E-state index contributed by atoms with van der Waals surface area (Å²) in [6.07, 6.45) is 5.95. The number of halogens is 1. The summed E-state index contributed by atoms with van der Waals surface area (Å²) in [5.41, 5.74) is 2.14. The van der Waals surface area contributed by atoms with Gasteiger partial charge in [-0.1, -0.05) is 17.7 Å². The highest BCUT2D eigenvalue weighted by Crippen LogP contribution is 2.35. The van der Waals surface area contributed by atoms with Gasteiger partial charge in [-0.25, -0.2) is 4.98 Å². The molecule has 7 heteroatoms. The van der Waals surface area contributed by atoms with E-state index in [1.54, 1.807) is 7.11 Å². The van der Waals surface area contributed by atoms with Crippen LogP contribution in [0.5, 0.6) is 5.88 Å². The van der Waals surface area contributed by atoms with Gasteiger partial charge in [0.05, 0.1) is 0 Å². The molecule has 0 aliphatic heterocycles. The first-order valence-corrected chi connectivity index (χ1v) is 10.3. The molecule has 1 aliphatic rings. The van der Waals surface area contributed by atoms with Gasteiger partial charge in [-0.05, 0) is 62.4 Å². The van der Waals surface area contributed by atoms with Gasteiger partial charge in [0.15, 0.2) is 5.82 Å². The van der Waals surface area contributed by atoms with E-state index < -0.39 is 0 Å². The van der Waals surface area contributed by atoms with Crippen LogP contribution in [0.15, 0.2) is 42.6 Å². The Labute approximate surface area is 175 Å². The van der Waals surface area contributed by atoms with Gasteiger partial charge in [-0.3, -0.25) is 4.57 Å². The number of benzene rings is 1. The Kier molecular flexibility index (Phi) is 6.11. The van der Waals surface area contributed by atoms with Crippen molar-refractivity contribution >= 4 is 11.6 Å². The molecule has 29 heavy (non-hydrogen) atoms. The van der Waals surface area contributed by atoms with Crippen LogP contribution in [0.2, 0.25) is 5.02 Å². The Balaban J connectivity index is 1.49. The minimum atomic E-state index is 0.187. The minimum absolute atomic E-state index is 0.187. The number of hydrogen-bond acceptors (Lipinski definition) is 5. The second-order valence-corrected chi connectivity index (χ2v) is 7.92. The highest BCUT2D eigenvalue weighted by molar-refractivity contribution is 6.30. The summed E-state index contributed by atoms with van der Waals surface area (Å²) in [6.45, 7) is 2.43. The van der Waals surface area contributed by atoms with Crippen LogP contribution in [0.1, 0.15) is 48.8 Å². The van der Waals surface area contributed by atoms with Crippen molar-refractivity contribution in [2.45, 2.75) is 51.2 Å². The van der Waals surface area contributed by atoms with E-state index in [2.05, 4.69) is 19.7 Å². The molecule has 1 fully saturated rings. The van der Waals surface area contributed by atoms with Gasteiger partial charge < -0.3 is 9.47 Å². The molecule has 3 aromatic rings. The van der Waals surface area contributed by atoms with Crippen molar-refractivity contribution in [1.29, 1.82) is 0 Å². The van der Waals surface area contributed by atoms with Crippen molar-refractivity contribution in [3.05, 3.63) is 64.8 Å². The summed E-state index contributed by atoms with van der Waals surface area (Å²) in [5.74, 6) is 2.80. The average molecular weight is 413 g/mol. The molecule has 0 spiro atoms. The smallest absolute Gasteiger partial charge is 0.213 e. The largest absolute Gasteiger partial charge is 0.474 e. The number of aryl methyl sites for hydroxylation is 1. The molecule has 0 radical (unpaired) electrons. The molecule has 0 amide bonds. The molecular formula is C22H25ClN4O2. The average Bonchev–Trinajstić information content (AvgIpc) is 3.15. The molecule has 1 aliphatic carbocycles. The third-order valence-corrected chi connectivity index (χ3v) is 5.58. The molecule has 4 rings (SSSR count). The van der Waals surface area contributed by atoms with Gasteiger partial charge in [0.2, 0.25) is 5.88 Å². The van der Waals surface area contributed by atoms with Crippen molar-refractivity contribution in [2.75, 3.05) is 7.11 Å². The fourth-order valence-electron chi connectivity index (χ4n) is 3.82. The molecule has 0 bridgehead atoms. The molecule has 0 atom stereocenters. The van der Waals surface area contributed by atoms with Crippen molar-refractivity contribution in [3.63, 3.8) is 0 Å². The Morgan fingerprint density at radius 2 is 1.79 bits per heavy atom. The second kappa shape index (κ2) is 8.93. The molecule has 1 saturated carbocycles. The Morgan fingerprint density at radius 3 is 2.45 bits per heavy atom. The SMILES string of the molecule is COCc1nnc(C2CCC(Oc3ccc(C)cn3)CC2)n1-c1ccc(Cl)cc1. The number of ether oxygens (including phenoxy) is 2. The number of methoxy groups -OCH3 is 1. The van der Waals surface area contributed by atoms with Gasteiger partial charge in [0.25, 0.3) is 0 Å². The third kappa shape index (κ3) is 4.60. The lowest BCUT2D eigenvalue weighted by atomic mass is 9.86. The minimum Gasteiger partial charge on any atom is -0.474 e. The standard InChI is InChI=1S/C22H25ClN4O2/c1-15-3-12-21(24-13-15)29-19-10-4-16(5-11-19)22-26-25-20(14-28-2)27(22)18-8-6-17(23)7-9-18/h3,6-9,12-13,16,19H,4-5,10-11,14H2,1-2H3. The van der Waals surface area contributed by atoms with Crippen LogP contribution in [0.25, 0.3) is 5.69 Å². The number of aromatic nitrogens is 4. The van der Waals surface area contributed by atoms with Crippen LogP contribution in [-0.2, 0) is 11.3 Å². The Morgan fingerprint density at radius 1 is 1.03 bits per heavy atom. The summed E-state index contributed by atoms with van der Waals surface area (Å²) < 4.78 is 13.5. The van der Waals surface area contributed by atoms with Gasteiger partial charge in [0.1, 0.15) is 18.5 Å². The van der Waals surface area contributed by atoms with E-state index in [9.17, 15) is 0 Å². The Hall–Kier alpha value is -2.44. The molecule has 0 unspecified atom stereocenters. The molecule has 152 valence electrons. The zero-order valence-corrected chi connectivity index (χ0v) is 17.5. The van der Waals surface area contributed by atoms with Gasteiger partial charge in [-0.15, -0.1) is 10.2 Å². The maximum Gasteiger partial charge on any atom is 0.213 e. The van der Waals surface area contributed by atoms with Crippen molar-refractivity contribution in [2.24, 2.45) is 0 Å². The highest BCUT2D eigenvalue weighted by atomic mass is 35.5.